The molecule has 11 heavy (non-hydrogen) atoms. The van der Waals surface area contributed by atoms with Gasteiger partial charge in [0, 0.05) is 26.3 Å². The molecule has 1 aliphatic heterocycles. The maximum Gasteiger partial charge on any atom is 0.0930 e. The molecule has 0 aromatic carbocycles. The third-order valence-electron chi connectivity index (χ3n) is 1.97. The Morgan fingerprint density at radius 3 is 2.64 bits per heavy atom. The van der Waals surface area contributed by atoms with Crippen LogP contribution in [-0.4, -0.2) is 32.1 Å². The van der Waals surface area contributed by atoms with Gasteiger partial charge in [-0.15, -0.1) is 0 Å². The highest BCUT2D eigenvalue weighted by Gasteiger charge is 2.12. The van der Waals surface area contributed by atoms with Gasteiger partial charge in [0.1, 0.15) is 0 Å². The van der Waals surface area contributed by atoms with E-state index in [2.05, 4.69) is 10.3 Å². The monoisotopic (exact) mass is 156 g/mol. The molecule has 0 aromatic heterocycles. The van der Waals surface area contributed by atoms with Gasteiger partial charge in [-0.2, -0.15) is 0 Å². The zero-order valence-electron chi connectivity index (χ0n) is 7.26. The number of hydrogen-bond acceptors (Lipinski definition) is 2. The van der Waals surface area contributed by atoms with Crippen LogP contribution in [0, 0.1) is 0 Å². The van der Waals surface area contributed by atoms with Crippen molar-refractivity contribution >= 4 is 5.84 Å². The van der Waals surface area contributed by atoms with Gasteiger partial charge >= 0.3 is 0 Å². The number of nitrogens with one attached hydrogen (secondary N) is 1. The highest BCUT2D eigenvalue weighted by molar-refractivity contribution is 5.79. The molecule has 1 saturated heterocycles. The molecular formula is C8H16N2O. The van der Waals surface area contributed by atoms with Crippen molar-refractivity contribution in [3.8, 4) is 0 Å². The van der Waals surface area contributed by atoms with E-state index in [1.54, 1.807) is 0 Å². The van der Waals surface area contributed by atoms with Crippen molar-refractivity contribution in [1.29, 1.82) is 0 Å². The van der Waals surface area contributed by atoms with E-state index >= 15 is 0 Å². The van der Waals surface area contributed by atoms with Gasteiger partial charge in [0.2, 0.25) is 0 Å². The summed E-state index contributed by atoms with van der Waals surface area (Å²) in [5.74, 6) is 1.02. The quantitative estimate of drug-likeness (QED) is 0.450. The zero-order valence-corrected chi connectivity index (χ0v) is 7.26. The highest BCUT2D eigenvalue weighted by Crippen LogP contribution is 2.05. The summed E-state index contributed by atoms with van der Waals surface area (Å²) in [5.41, 5.74) is 0. The molecular weight excluding hydrogens is 140 g/mol. The van der Waals surface area contributed by atoms with E-state index in [4.69, 9.17) is 4.74 Å². The molecule has 0 amide bonds. The molecule has 0 bridgehead atoms. The van der Waals surface area contributed by atoms with Crippen LogP contribution in [0.4, 0.5) is 0 Å². The second-order valence-electron chi connectivity index (χ2n) is 2.84. The van der Waals surface area contributed by atoms with Crippen molar-refractivity contribution in [2.24, 2.45) is 4.99 Å². The van der Waals surface area contributed by atoms with E-state index < -0.39 is 0 Å². The lowest BCUT2D eigenvalue weighted by Crippen LogP contribution is -2.37. The topological polar surface area (TPSA) is 33.6 Å². The SMILES string of the molecule is CN=C(C)NC1CCOCC1. The third kappa shape index (κ3) is 2.89. The van der Waals surface area contributed by atoms with E-state index in [-0.39, 0.29) is 0 Å². The van der Waals surface area contributed by atoms with Crippen molar-refractivity contribution in [1.82, 2.24) is 5.32 Å². The van der Waals surface area contributed by atoms with Crippen LogP contribution in [0.3, 0.4) is 0 Å². The molecule has 1 fully saturated rings. The zero-order chi connectivity index (χ0) is 8.10. The summed E-state index contributed by atoms with van der Waals surface area (Å²) in [6.45, 7) is 3.76. The number of aliphatic imine (C=N–C) groups is 1. The van der Waals surface area contributed by atoms with Crippen molar-refractivity contribution in [2.45, 2.75) is 25.8 Å². The van der Waals surface area contributed by atoms with Gasteiger partial charge < -0.3 is 10.1 Å². The predicted octanol–water partition coefficient (Wildman–Crippen LogP) is 0.803. The molecule has 1 rings (SSSR count). The number of hydrogen-bond donors (Lipinski definition) is 1. The maximum atomic E-state index is 5.24. The van der Waals surface area contributed by atoms with Crippen molar-refractivity contribution in [2.75, 3.05) is 20.3 Å². The van der Waals surface area contributed by atoms with Gasteiger partial charge in [0.25, 0.3) is 0 Å². The van der Waals surface area contributed by atoms with Crippen molar-refractivity contribution < 1.29 is 4.74 Å². The van der Waals surface area contributed by atoms with Crippen LogP contribution in [0.15, 0.2) is 4.99 Å². The maximum absolute atomic E-state index is 5.24. The normalized spacial score (nSPS) is 21.8. The van der Waals surface area contributed by atoms with Gasteiger partial charge in [-0.25, -0.2) is 0 Å². The molecule has 1 aliphatic rings. The lowest BCUT2D eigenvalue weighted by molar-refractivity contribution is 0.0824. The summed E-state index contributed by atoms with van der Waals surface area (Å²) < 4.78 is 5.24. The minimum atomic E-state index is 0.576. The van der Waals surface area contributed by atoms with Crippen molar-refractivity contribution in [3.63, 3.8) is 0 Å². The summed E-state index contributed by atoms with van der Waals surface area (Å²) in [5, 5.41) is 3.34. The molecule has 0 aliphatic carbocycles. The summed E-state index contributed by atoms with van der Waals surface area (Å²) in [4.78, 5) is 4.05. The number of rotatable bonds is 1. The van der Waals surface area contributed by atoms with Crippen LogP contribution in [-0.2, 0) is 4.74 Å². The van der Waals surface area contributed by atoms with E-state index in [9.17, 15) is 0 Å². The van der Waals surface area contributed by atoms with E-state index in [0.717, 1.165) is 31.9 Å². The largest absolute Gasteiger partial charge is 0.381 e. The van der Waals surface area contributed by atoms with Gasteiger partial charge in [-0.3, -0.25) is 4.99 Å². The second-order valence-corrected chi connectivity index (χ2v) is 2.84. The van der Waals surface area contributed by atoms with E-state index in [1.807, 2.05) is 14.0 Å². The van der Waals surface area contributed by atoms with Gasteiger partial charge in [-0.05, 0) is 19.8 Å². The Bertz CT molecular complexity index is 139. The summed E-state index contributed by atoms with van der Waals surface area (Å²) in [6.07, 6.45) is 2.21. The smallest absolute Gasteiger partial charge is 0.0930 e. The fourth-order valence-corrected chi connectivity index (χ4v) is 1.20. The minimum absolute atomic E-state index is 0.576. The highest BCUT2D eigenvalue weighted by atomic mass is 16.5. The molecule has 0 aromatic rings. The Balaban J connectivity index is 2.24. The van der Waals surface area contributed by atoms with E-state index in [0.29, 0.717) is 6.04 Å². The Labute approximate surface area is 67.8 Å². The van der Waals surface area contributed by atoms with Crippen LogP contribution >= 0.6 is 0 Å². The molecule has 1 heterocycles. The average molecular weight is 156 g/mol. The molecule has 0 atom stereocenters. The second kappa shape index (κ2) is 4.34. The lowest BCUT2D eigenvalue weighted by Gasteiger charge is -2.23. The van der Waals surface area contributed by atoms with Gasteiger partial charge in [-0.1, -0.05) is 0 Å². The summed E-state index contributed by atoms with van der Waals surface area (Å²) in [7, 11) is 1.81. The van der Waals surface area contributed by atoms with Gasteiger partial charge in [0.05, 0.1) is 5.84 Å². The molecule has 0 unspecified atom stereocenters. The molecule has 64 valence electrons. The molecule has 0 saturated carbocycles. The first-order chi connectivity index (χ1) is 5.33. The molecule has 1 N–H and O–H groups in total. The average Bonchev–Trinajstić information content (AvgIpc) is 2.06. The van der Waals surface area contributed by atoms with Gasteiger partial charge in [0.15, 0.2) is 0 Å². The van der Waals surface area contributed by atoms with Crippen LogP contribution in [0.5, 0.6) is 0 Å². The summed E-state index contributed by atoms with van der Waals surface area (Å²) in [6, 6.07) is 0.576. The first-order valence-electron chi connectivity index (χ1n) is 4.10. The van der Waals surface area contributed by atoms with Crippen LogP contribution in [0.1, 0.15) is 19.8 Å². The number of nitrogens with zero attached hydrogens (tertiary/aromatic N) is 1. The van der Waals surface area contributed by atoms with E-state index in [1.165, 1.54) is 0 Å². The molecule has 0 radical (unpaired) electrons. The Morgan fingerprint density at radius 1 is 1.45 bits per heavy atom. The molecule has 3 nitrogen and oxygen atoms in total. The standard InChI is InChI=1S/C8H16N2O/c1-7(9-2)10-8-3-5-11-6-4-8/h8H,3-6H2,1-2H3,(H,9,10). The Morgan fingerprint density at radius 2 is 2.09 bits per heavy atom. The minimum Gasteiger partial charge on any atom is -0.381 e. The van der Waals surface area contributed by atoms with Crippen LogP contribution in [0.2, 0.25) is 0 Å². The Kier molecular flexibility index (Phi) is 3.36. The first-order valence-corrected chi connectivity index (χ1v) is 4.10. The number of amidine groups is 1. The summed E-state index contributed by atoms with van der Waals surface area (Å²) >= 11 is 0. The third-order valence-corrected chi connectivity index (χ3v) is 1.97. The fourth-order valence-electron chi connectivity index (χ4n) is 1.20. The predicted molar refractivity (Wildman–Crippen MR) is 46.0 cm³/mol. The molecule has 3 heteroatoms. The van der Waals surface area contributed by atoms with Crippen LogP contribution < -0.4 is 5.32 Å². The fraction of sp³-hybridized carbons (Fsp3) is 0.875. The number of ether oxygens (including phenoxy) is 1. The van der Waals surface area contributed by atoms with Crippen molar-refractivity contribution in [3.05, 3.63) is 0 Å². The lowest BCUT2D eigenvalue weighted by atomic mass is 10.1. The first kappa shape index (κ1) is 8.53. The van der Waals surface area contributed by atoms with Crippen LogP contribution in [0.25, 0.3) is 0 Å². The molecule has 0 spiro atoms. The Hall–Kier alpha value is -0.570.